The Morgan fingerprint density at radius 1 is 0.822 bits per heavy atom. The van der Waals surface area contributed by atoms with Gasteiger partial charge in [-0.3, -0.25) is 37.0 Å². The predicted molar refractivity (Wildman–Crippen MR) is 143 cm³/mol. The molecule has 4 bridgehead atoms. The summed E-state index contributed by atoms with van der Waals surface area (Å²) in [7, 11) is -10.2. The van der Waals surface area contributed by atoms with Crippen LogP contribution in [0.1, 0.15) is 12.5 Å². The van der Waals surface area contributed by atoms with Crippen LogP contribution in [0.3, 0.4) is 0 Å². The van der Waals surface area contributed by atoms with Crippen molar-refractivity contribution in [2.45, 2.75) is 49.1 Å². The lowest BCUT2D eigenvalue weighted by Gasteiger charge is -2.26. The zero-order chi connectivity index (χ0) is 31.8. The molecule has 7 rings (SSSR count). The largest absolute Gasteiger partial charge is 0.472 e. The summed E-state index contributed by atoms with van der Waals surface area (Å²) in [4.78, 5) is 55.8. The molecule has 2 unspecified atom stereocenters. The van der Waals surface area contributed by atoms with Crippen molar-refractivity contribution in [3.05, 3.63) is 29.3 Å². The quantitative estimate of drug-likeness (QED) is 0.109. The Balaban J connectivity index is 1.23. The highest BCUT2D eigenvalue weighted by molar-refractivity contribution is 7.47. The lowest BCUT2D eigenvalue weighted by molar-refractivity contribution is -0.0675. The predicted octanol–water partition coefficient (Wildman–Crippen LogP) is -2.34. The Morgan fingerprint density at radius 2 is 1.36 bits per heavy atom. The molecule has 4 aromatic heterocycles. The summed E-state index contributed by atoms with van der Waals surface area (Å²) in [5.41, 5.74) is 10.8. The third kappa shape index (κ3) is 5.31. The number of aromatic amines is 1. The molecule has 0 aromatic carbocycles. The molecule has 3 aliphatic rings. The summed E-state index contributed by atoms with van der Waals surface area (Å²) in [6.45, 7) is -1.65. The van der Waals surface area contributed by atoms with E-state index in [1.807, 2.05) is 0 Å². The SMILES string of the molecule is Nc1nc2c(ncn2[C@@H]2O[C@@H]3COP(=O)(O)O[C@@H]4[C@H](O)[C@@H](COP(=O)(O)O[C@@H]2[C@@H]3O)O[C@H]4n2cnc3c(N)ncnc32)c(=O)[nH]1. The van der Waals surface area contributed by atoms with Gasteiger partial charge in [-0.25, -0.2) is 29.1 Å². The molecule has 0 amide bonds. The van der Waals surface area contributed by atoms with E-state index in [2.05, 4.69) is 29.9 Å². The van der Waals surface area contributed by atoms with E-state index in [0.717, 1.165) is 17.2 Å². The molecule has 23 nitrogen and oxygen atoms in total. The van der Waals surface area contributed by atoms with E-state index in [0.29, 0.717) is 0 Å². The monoisotopic (exact) mass is 674 g/mol. The van der Waals surface area contributed by atoms with Crippen LogP contribution in [-0.4, -0.2) is 109 Å². The number of hydrogen-bond donors (Lipinski definition) is 7. The Morgan fingerprint density at radius 3 is 1.93 bits per heavy atom. The lowest BCUT2D eigenvalue weighted by Crippen LogP contribution is -2.38. The smallest absolute Gasteiger partial charge is 0.387 e. The number of nitrogens with two attached hydrogens (primary N) is 2. The first-order valence-electron chi connectivity index (χ1n) is 13.0. The van der Waals surface area contributed by atoms with E-state index in [4.69, 9.17) is 39.0 Å². The van der Waals surface area contributed by atoms with Crippen molar-refractivity contribution in [3.8, 4) is 0 Å². The maximum absolute atomic E-state index is 13.2. The van der Waals surface area contributed by atoms with Gasteiger partial charge in [0.1, 0.15) is 48.5 Å². The number of imidazole rings is 2. The van der Waals surface area contributed by atoms with Gasteiger partial charge >= 0.3 is 15.6 Å². The maximum Gasteiger partial charge on any atom is 0.472 e. The van der Waals surface area contributed by atoms with Gasteiger partial charge in [-0.1, -0.05) is 0 Å². The van der Waals surface area contributed by atoms with Gasteiger partial charge in [0, 0.05) is 0 Å². The van der Waals surface area contributed by atoms with Crippen molar-refractivity contribution in [2.24, 2.45) is 0 Å². The first-order chi connectivity index (χ1) is 21.3. The molecule has 10 atom stereocenters. The highest BCUT2D eigenvalue weighted by Gasteiger charge is 2.54. The molecule has 3 aliphatic heterocycles. The standard InChI is InChI=1S/C20H24N10O13P2/c21-14-8-15(24-3-23-14)29(4-25-8)18-12-10(31)6(40-18)1-38-45(36,37)43-13-11(32)7(2-39-44(34,35)42-12)41-19(13)30-5-26-9-16(30)27-20(22)28-17(9)33/h3-7,10-13,18-19,31-32H,1-2H2,(H,34,35)(H,36,37)(H2,21,23,24)(H3,22,27,28,33)/t6-,7-,10-,11-,12-,13-,18-,19-/m1/s1. The third-order valence-electron chi connectivity index (χ3n) is 7.33. The highest BCUT2D eigenvalue weighted by Crippen LogP contribution is 2.53. The summed E-state index contributed by atoms with van der Waals surface area (Å²) in [5.74, 6) is -0.270. The Bertz CT molecular complexity index is 1940. The van der Waals surface area contributed by atoms with E-state index in [1.165, 1.54) is 10.9 Å². The molecule has 25 heteroatoms. The normalized spacial score (nSPS) is 37.7. The van der Waals surface area contributed by atoms with Crippen LogP contribution in [0.15, 0.2) is 23.8 Å². The minimum Gasteiger partial charge on any atom is -0.387 e. The van der Waals surface area contributed by atoms with Gasteiger partial charge in [0.05, 0.1) is 25.9 Å². The van der Waals surface area contributed by atoms with Crippen molar-refractivity contribution >= 4 is 49.7 Å². The second-order valence-corrected chi connectivity index (χ2v) is 13.0. The van der Waals surface area contributed by atoms with Crippen LogP contribution < -0.4 is 17.0 Å². The number of hydrogen-bond acceptors (Lipinski definition) is 18. The molecule has 7 heterocycles. The molecular formula is C20H24N10O13P2. The highest BCUT2D eigenvalue weighted by atomic mass is 31.2. The van der Waals surface area contributed by atoms with Gasteiger partial charge in [0.2, 0.25) is 5.95 Å². The molecule has 4 aromatic rings. The minimum absolute atomic E-state index is 0.0178. The number of nitrogen functional groups attached to an aromatic ring is 2. The van der Waals surface area contributed by atoms with E-state index in [9.17, 15) is 33.9 Å². The average Bonchev–Trinajstić information content (AvgIpc) is 3.72. The molecule has 9 N–H and O–H groups in total. The fourth-order valence-corrected chi connectivity index (χ4v) is 7.14. The van der Waals surface area contributed by atoms with Gasteiger partial charge in [0.15, 0.2) is 35.1 Å². The van der Waals surface area contributed by atoms with E-state index >= 15 is 0 Å². The Labute approximate surface area is 248 Å². The number of aliphatic hydroxyl groups excluding tert-OH is 2. The summed E-state index contributed by atoms with van der Waals surface area (Å²) in [6, 6.07) is 0. The van der Waals surface area contributed by atoms with E-state index in [1.54, 1.807) is 0 Å². The lowest BCUT2D eigenvalue weighted by atomic mass is 10.1. The number of anilines is 2. The molecule has 0 aliphatic carbocycles. The van der Waals surface area contributed by atoms with Gasteiger partial charge in [-0.05, 0) is 0 Å². The number of aliphatic hydroxyl groups is 2. The molecule has 0 spiro atoms. The topological polar surface area (TPSA) is 330 Å². The number of fused-ring (bicyclic) bond motifs is 6. The van der Waals surface area contributed by atoms with Crippen LogP contribution in [0.2, 0.25) is 0 Å². The van der Waals surface area contributed by atoms with Crippen molar-refractivity contribution in [2.75, 3.05) is 24.7 Å². The molecular weight excluding hydrogens is 650 g/mol. The van der Waals surface area contributed by atoms with Crippen LogP contribution in [0, 0.1) is 0 Å². The molecule has 242 valence electrons. The van der Waals surface area contributed by atoms with Crippen LogP contribution in [0.25, 0.3) is 22.3 Å². The number of ether oxygens (including phenoxy) is 2. The van der Waals surface area contributed by atoms with E-state index < -0.39 is 83.5 Å². The second kappa shape index (κ2) is 10.8. The van der Waals surface area contributed by atoms with Crippen molar-refractivity contribution < 1.29 is 56.7 Å². The minimum atomic E-state index is -5.09. The zero-order valence-electron chi connectivity index (χ0n) is 22.4. The molecule has 3 fully saturated rings. The van der Waals surface area contributed by atoms with Gasteiger partial charge in [0.25, 0.3) is 5.56 Å². The number of rotatable bonds is 2. The fourth-order valence-electron chi connectivity index (χ4n) is 5.28. The fraction of sp³-hybridized carbons (Fsp3) is 0.500. The van der Waals surface area contributed by atoms with E-state index in [-0.39, 0.29) is 34.1 Å². The molecule has 0 radical (unpaired) electrons. The first kappa shape index (κ1) is 30.2. The zero-order valence-corrected chi connectivity index (χ0v) is 24.2. The number of nitrogens with one attached hydrogen (secondary N) is 1. The summed E-state index contributed by atoms with van der Waals surface area (Å²) < 4.78 is 61.2. The summed E-state index contributed by atoms with van der Waals surface area (Å²) in [6.07, 6.45) is -9.33. The molecule has 0 saturated carbocycles. The number of aromatic nitrogens is 8. The number of H-pyrrole nitrogens is 1. The molecule has 45 heavy (non-hydrogen) atoms. The number of phosphoric acid groups is 2. The molecule has 3 saturated heterocycles. The van der Waals surface area contributed by atoms with Crippen LogP contribution >= 0.6 is 15.6 Å². The Hall–Kier alpha value is -3.44. The number of nitrogens with zero attached hydrogens (tertiary/aromatic N) is 7. The van der Waals surface area contributed by atoms with Crippen molar-refractivity contribution in [3.63, 3.8) is 0 Å². The maximum atomic E-state index is 13.2. The first-order valence-corrected chi connectivity index (χ1v) is 15.9. The van der Waals surface area contributed by atoms with Gasteiger partial charge < -0.3 is 40.9 Å². The van der Waals surface area contributed by atoms with Crippen molar-refractivity contribution in [1.82, 2.24) is 39.0 Å². The van der Waals surface area contributed by atoms with Gasteiger partial charge in [-0.2, -0.15) is 4.98 Å². The van der Waals surface area contributed by atoms with Crippen molar-refractivity contribution in [1.29, 1.82) is 0 Å². The average molecular weight is 674 g/mol. The second-order valence-electron chi connectivity index (χ2n) is 10.1. The Kier molecular flexibility index (Phi) is 7.27. The van der Waals surface area contributed by atoms with Crippen LogP contribution in [0.5, 0.6) is 0 Å². The summed E-state index contributed by atoms with van der Waals surface area (Å²) >= 11 is 0. The third-order valence-corrected chi connectivity index (χ3v) is 9.30. The van der Waals surface area contributed by atoms with Crippen LogP contribution in [0.4, 0.5) is 11.8 Å². The number of phosphoric ester groups is 2. The van der Waals surface area contributed by atoms with Gasteiger partial charge in [-0.15, -0.1) is 0 Å². The van der Waals surface area contributed by atoms with Crippen LogP contribution in [-0.2, 0) is 36.7 Å². The summed E-state index contributed by atoms with van der Waals surface area (Å²) in [5, 5.41) is 22.1.